The molecular weight excluding hydrogens is 322 g/mol. The van der Waals surface area contributed by atoms with Crippen LogP contribution >= 0.6 is 11.8 Å². The monoisotopic (exact) mass is 339 g/mol. The van der Waals surface area contributed by atoms with Gasteiger partial charge in [0.05, 0.1) is 18.4 Å². The van der Waals surface area contributed by atoms with Gasteiger partial charge in [0, 0.05) is 12.7 Å². The van der Waals surface area contributed by atoms with Crippen LogP contribution in [0.5, 0.6) is 0 Å². The third-order valence-corrected chi connectivity index (χ3v) is 4.34. The Balaban J connectivity index is 1.57. The number of ether oxygens (including phenoxy) is 1. The van der Waals surface area contributed by atoms with Crippen LogP contribution in [0, 0.1) is 6.92 Å². The number of rotatable bonds is 6. The number of H-pyrrole nitrogens is 1. The lowest BCUT2D eigenvalue weighted by Crippen LogP contribution is -2.25. The van der Waals surface area contributed by atoms with E-state index in [2.05, 4.69) is 20.7 Å². The quantitative estimate of drug-likeness (QED) is 0.747. The molecule has 0 aliphatic carbocycles. The van der Waals surface area contributed by atoms with Gasteiger partial charge >= 0.3 is 5.69 Å². The molecule has 124 valence electrons. The van der Waals surface area contributed by atoms with Crippen LogP contribution in [0.15, 0.2) is 20.5 Å². The highest BCUT2D eigenvalue weighted by Gasteiger charge is 2.20. The van der Waals surface area contributed by atoms with E-state index in [9.17, 15) is 9.59 Å². The van der Waals surface area contributed by atoms with Crippen LogP contribution in [-0.2, 0) is 16.1 Å². The molecule has 1 fully saturated rings. The Morgan fingerprint density at radius 3 is 3.17 bits per heavy atom. The fourth-order valence-corrected chi connectivity index (χ4v) is 3.06. The van der Waals surface area contributed by atoms with Crippen molar-refractivity contribution in [1.29, 1.82) is 0 Å². The smallest absolute Gasteiger partial charge is 0.344 e. The van der Waals surface area contributed by atoms with E-state index in [4.69, 9.17) is 9.26 Å². The second-order valence-electron chi connectivity index (χ2n) is 5.22. The van der Waals surface area contributed by atoms with Gasteiger partial charge in [0.15, 0.2) is 11.0 Å². The Kier molecular flexibility index (Phi) is 4.82. The van der Waals surface area contributed by atoms with E-state index >= 15 is 0 Å². The van der Waals surface area contributed by atoms with Crippen LogP contribution in [0.3, 0.4) is 0 Å². The highest BCUT2D eigenvalue weighted by atomic mass is 32.2. The zero-order valence-corrected chi connectivity index (χ0v) is 13.4. The minimum Gasteiger partial charge on any atom is -0.376 e. The number of carbonyl (C=O) groups is 1. The number of thioether (sulfide) groups is 1. The minimum atomic E-state index is -0.296. The van der Waals surface area contributed by atoms with E-state index in [1.807, 2.05) is 0 Å². The summed E-state index contributed by atoms with van der Waals surface area (Å²) >= 11 is 1.18. The number of aromatic nitrogens is 4. The lowest BCUT2D eigenvalue weighted by Gasteiger charge is -2.10. The fourth-order valence-electron chi connectivity index (χ4n) is 2.30. The molecule has 2 aromatic heterocycles. The van der Waals surface area contributed by atoms with Crippen LogP contribution in [0.4, 0.5) is 5.82 Å². The summed E-state index contributed by atoms with van der Waals surface area (Å²) in [7, 11) is 0. The van der Waals surface area contributed by atoms with Crippen molar-refractivity contribution in [2.75, 3.05) is 17.7 Å². The van der Waals surface area contributed by atoms with Gasteiger partial charge in [-0.3, -0.25) is 9.36 Å². The number of aromatic amines is 1. The third kappa shape index (κ3) is 4.02. The highest BCUT2D eigenvalue weighted by molar-refractivity contribution is 7.99. The molecule has 0 spiro atoms. The molecule has 3 heterocycles. The number of anilines is 1. The zero-order valence-electron chi connectivity index (χ0n) is 12.6. The van der Waals surface area contributed by atoms with Crippen LogP contribution in [0.2, 0.25) is 0 Å². The van der Waals surface area contributed by atoms with E-state index in [1.54, 1.807) is 13.0 Å². The first kappa shape index (κ1) is 15.8. The summed E-state index contributed by atoms with van der Waals surface area (Å²) in [6, 6.07) is 1.63. The van der Waals surface area contributed by atoms with Gasteiger partial charge in [-0.15, -0.1) is 5.10 Å². The normalized spacial score (nSPS) is 17.5. The maximum atomic E-state index is 11.9. The first-order valence-electron chi connectivity index (χ1n) is 7.24. The average Bonchev–Trinajstić information content (AvgIpc) is 3.23. The second-order valence-corrected chi connectivity index (χ2v) is 6.16. The van der Waals surface area contributed by atoms with Gasteiger partial charge in [0.2, 0.25) is 5.91 Å². The number of aryl methyl sites for hydroxylation is 1. The van der Waals surface area contributed by atoms with Gasteiger partial charge in [-0.05, 0) is 19.8 Å². The number of nitrogens with one attached hydrogen (secondary N) is 2. The summed E-state index contributed by atoms with van der Waals surface area (Å²) in [5, 5.41) is 13.1. The van der Waals surface area contributed by atoms with Gasteiger partial charge < -0.3 is 14.6 Å². The largest absolute Gasteiger partial charge is 0.376 e. The number of amides is 1. The summed E-state index contributed by atoms with van der Waals surface area (Å²) in [6.07, 6.45) is 1.95. The SMILES string of the molecule is Cc1cc(NC(=O)CSc2n[nH]c(=O)n2C[C@H]2CCCO2)no1. The number of hydrogen-bond donors (Lipinski definition) is 2. The van der Waals surface area contributed by atoms with Crippen molar-refractivity contribution in [3.05, 3.63) is 22.3 Å². The lowest BCUT2D eigenvalue weighted by molar-refractivity contribution is -0.113. The number of carbonyl (C=O) groups excluding carboxylic acids is 1. The summed E-state index contributed by atoms with van der Waals surface area (Å²) in [6.45, 7) is 2.91. The van der Waals surface area contributed by atoms with Crippen molar-refractivity contribution in [3.8, 4) is 0 Å². The minimum absolute atomic E-state index is 0.0246. The van der Waals surface area contributed by atoms with Crippen LogP contribution in [0.1, 0.15) is 18.6 Å². The first-order valence-corrected chi connectivity index (χ1v) is 8.23. The Hall–Kier alpha value is -2.07. The number of hydrogen-bond acceptors (Lipinski definition) is 7. The van der Waals surface area contributed by atoms with Crippen molar-refractivity contribution in [3.63, 3.8) is 0 Å². The fraction of sp³-hybridized carbons (Fsp3) is 0.538. The molecule has 1 atom stereocenters. The number of nitrogens with zero attached hydrogens (tertiary/aromatic N) is 3. The third-order valence-electron chi connectivity index (χ3n) is 3.36. The Labute approximate surface area is 135 Å². The van der Waals surface area contributed by atoms with Crippen molar-refractivity contribution >= 4 is 23.5 Å². The summed E-state index contributed by atoms with van der Waals surface area (Å²) in [5.74, 6) is 0.849. The highest BCUT2D eigenvalue weighted by Crippen LogP contribution is 2.18. The topological polar surface area (TPSA) is 115 Å². The predicted molar refractivity (Wildman–Crippen MR) is 82.4 cm³/mol. The Morgan fingerprint density at radius 1 is 1.61 bits per heavy atom. The molecule has 0 bridgehead atoms. The molecule has 0 radical (unpaired) electrons. The predicted octanol–water partition coefficient (Wildman–Crippen LogP) is 0.778. The summed E-state index contributed by atoms with van der Waals surface area (Å²) in [4.78, 5) is 23.7. The molecule has 10 heteroatoms. The van der Waals surface area contributed by atoms with Gasteiger partial charge in [-0.25, -0.2) is 9.89 Å². The molecule has 1 saturated heterocycles. The molecule has 1 amide bonds. The summed E-state index contributed by atoms with van der Waals surface area (Å²) < 4.78 is 11.9. The standard InChI is InChI=1S/C13H17N5O4S/c1-8-5-10(17-22-8)14-11(19)7-23-13-16-15-12(20)18(13)6-9-3-2-4-21-9/h5,9H,2-4,6-7H2,1H3,(H,15,20)(H,14,17,19)/t9-/m1/s1. The first-order chi connectivity index (χ1) is 11.1. The van der Waals surface area contributed by atoms with Gasteiger partial charge in [-0.1, -0.05) is 16.9 Å². The molecular formula is C13H17N5O4S. The van der Waals surface area contributed by atoms with E-state index in [1.165, 1.54) is 16.3 Å². The maximum absolute atomic E-state index is 11.9. The molecule has 2 N–H and O–H groups in total. The lowest BCUT2D eigenvalue weighted by atomic mass is 10.2. The van der Waals surface area contributed by atoms with E-state index in [0.29, 0.717) is 23.3 Å². The van der Waals surface area contributed by atoms with Crippen molar-refractivity contribution in [2.24, 2.45) is 0 Å². The molecule has 0 unspecified atom stereocenters. The van der Waals surface area contributed by atoms with E-state index in [-0.39, 0.29) is 23.5 Å². The van der Waals surface area contributed by atoms with Crippen LogP contribution in [0.25, 0.3) is 0 Å². The van der Waals surface area contributed by atoms with Crippen LogP contribution in [-0.4, -0.2) is 44.3 Å². The van der Waals surface area contributed by atoms with Gasteiger partial charge in [0.1, 0.15) is 5.76 Å². The summed E-state index contributed by atoms with van der Waals surface area (Å²) in [5.41, 5.74) is -0.296. The second kappa shape index (κ2) is 7.01. The van der Waals surface area contributed by atoms with Crippen LogP contribution < -0.4 is 11.0 Å². The molecule has 9 nitrogen and oxygen atoms in total. The van der Waals surface area contributed by atoms with Crippen molar-refractivity contribution in [1.82, 2.24) is 19.9 Å². The van der Waals surface area contributed by atoms with Crippen molar-refractivity contribution in [2.45, 2.75) is 37.6 Å². The zero-order chi connectivity index (χ0) is 16.2. The average molecular weight is 339 g/mol. The molecule has 3 rings (SSSR count). The maximum Gasteiger partial charge on any atom is 0.344 e. The molecule has 23 heavy (non-hydrogen) atoms. The molecule has 1 aliphatic heterocycles. The Morgan fingerprint density at radius 2 is 2.48 bits per heavy atom. The van der Waals surface area contributed by atoms with Crippen molar-refractivity contribution < 1.29 is 14.1 Å². The van der Waals surface area contributed by atoms with Gasteiger partial charge in [-0.2, -0.15) is 0 Å². The Bertz CT molecular complexity index is 731. The molecule has 2 aromatic rings. The van der Waals surface area contributed by atoms with Gasteiger partial charge in [0.25, 0.3) is 0 Å². The molecule has 0 aromatic carbocycles. The van der Waals surface area contributed by atoms with E-state index < -0.39 is 0 Å². The van der Waals surface area contributed by atoms with E-state index in [0.717, 1.165) is 19.4 Å². The molecule has 0 saturated carbocycles. The molecule has 1 aliphatic rings.